The Labute approximate surface area is 85.6 Å². The molecule has 2 nitrogen and oxygen atoms in total. The predicted molar refractivity (Wildman–Crippen MR) is 46.0 cm³/mol. The fourth-order valence-corrected chi connectivity index (χ4v) is 0.597. The van der Waals surface area contributed by atoms with E-state index in [2.05, 4.69) is 4.74 Å². The third-order valence-electron chi connectivity index (χ3n) is 2.05. The molecule has 0 aromatic rings. The molecule has 0 aliphatic rings. The van der Waals surface area contributed by atoms with Gasteiger partial charge in [-0.3, -0.25) is 4.79 Å². The van der Waals surface area contributed by atoms with Crippen molar-refractivity contribution in [3.05, 3.63) is 0 Å². The largest absolute Gasteiger partial charge is 0.459 e. The maximum Gasteiger partial charge on any atom is 0.343 e. The topological polar surface area (TPSA) is 26.3 Å². The standard InChI is InChI=1S/C9H14F4O2/c1-4-6(2)7(14)15-5-9(12,13)8(3,10)11/h6H,4-5H2,1-3H3. The van der Waals surface area contributed by atoms with Gasteiger partial charge in [0.2, 0.25) is 0 Å². The molecule has 0 rings (SSSR count). The van der Waals surface area contributed by atoms with E-state index in [1.807, 2.05) is 0 Å². The van der Waals surface area contributed by atoms with Gasteiger partial charge in [-0.25, -0.2) is 8.78 Å². The fraction of sp³-hybridized carbons (Fsp3) is 0.889. The van der Waals surface area contributed by atoms with Crippen molar-refractivity contribution in [2.45, 2.75) is 39.0 Å². The van der Waals surface area contributed by atoms with Crippen molar-refractivity contribution in [1.29, 1.82) is 0 Å². The van der Waals surface area contributed by atoms with E-state index in [0.717, 1.165) is 0 Å². The van der Waals surface area contributed by atoms with Gasteiger partial charge in [-0.1, -0.05) is 13.8 Å². The Kier molecular flexibility index (Phi) is 4.55. The zero-order chi connectivity index (χ0) is 12.3. The monoisotopic (exact) mass is 230 g/mol. The first-order valence-electron chi connectivity index (χ1n) is 4.54. The van der Waals surface area contributed by atoms with E-state index >= 15 is 0 Å². The molecule has 0 aromatic heterocycles. The molecule has 6 heteroatoms. The van der Waals surface area contributed by atoms with Gasteiger partial charge in [0, 0.05) is 6.92 Å². The minimum atomic E-state index is -4.32. The average Bonchev–Trinajstić information content (AvgIpc) is 2.11. The molecule has 0 aromatic carbocycles. The molecule has 0 saturated carbocycles. The van der Waals surface area contributed by atoms with Crippen molar-refractivity contribution < 1.29 is 27.1 Å². The van der Waals surface area contributed by atoms with Gasteiger partial charge in [-0.15, -0.1) is 0 Å². The molecule has 90 valence electrons. The minimum Gasteiger partial charge on any atom is -0.459 e. The van der Waals surface area contributed by atoms with Crippen molar-refractivity contribution in [2.75, 3.05) is 6.61 Å². The number of carbonyl (C=O) groups is 1. The molecule has 0 heterocycles. The first-order valence-corrected chi connectivity index (χ1v) is 4.54. The molecule has 0 radical (unpaired) electrons. The van der Waals surface area contributed by atoms with Crippen LogP contribution in [0, 0.1) is 5.92 Å². The molecular formula is C9H14F4O2. The lowest BCUT2D eigenvalue weighted by Gasteiger charge is -2.23. The highest BCUT2D eigenvalue weighted by atomic mass is 19.3. The summed E-state index contributed by atoms with van der Waals surface area (Å²) in [5.74, 6) is -9.97. The van der Waals surface area contributed by atoms with Crippen LogP contribution in [0.5, 0.6) is 0 Å². The molecule has 1 atom stereocenters. The van der Waals surface area contributed by atoms with Crippen molar-refractivity contribution in [2.24, 2.45) is 5.92 Å². The summed E-state index contributed by atoms with van der Waals surface area (Å²) in [6.45, 7) is 1.65. The molecule has 0 fully saturated rings. The van der Waals surface area contributed by atoms with Gasteiger partial charge >= 0.3 is 17.8 Å². The number of rotatable bonds is 5. The summed E-state index contributed by atoms with van der Waals surface area (Å²) in [6, 6.07) is 0. The molecule has 0 N–H and O–H groups in total. The summed E-state index contributed by atoms with van der Waals surface area (Å²) < 4.78 is 54.0. The summed E-state index contributed by atoms with van der Waals surface area (Å²) in [5, 5.41) is 0. The Morgan fingerprint density at radius 3 is 2.13 bits per heavy atom. The van der Waals surface area contributed by atoms with Gasteiger partial charge in [0.1, 0.15) is 0 Å². The Hall–Kier alpha value is -0.810. The smallest absolute Gasteiger partial charge is 0.343 e. The number of halogens is 4. The van der Waals surface area contributed by atoms with E-state index in [1.165, 1.54) is 6.92 Å². The van der Waals surface area contributed by atoms with E-state index in [9.17, 15) is 22.4 Å². The average molecular weight is 230 g/mol. The molecule has 1 unspecified atom stereocenters. The van der Waals surface area contributed by atoms with Gasteiger partial charge in [0.25, 0.3) is 0 Å². The van der Waals surface area contributed by atoms with Gasteiger partial charge in [0.15, 0.2) is 6.61 Å². The number of carbonyl (C=O) groups excluding carboxylic acids is 1. The lowest BCUT2D eigenvalue weighted by molar-refractivity contribution is -0.223. The Morgan fingerprint density at radius 1 is 1.33 bits per heavy atom. The van der Waals surface area contributed by atoms with Gasteiger partial charge in [0.05, 0.1) is 5.92 Å². The van der Waals surface area contributed by atoms with Gasteiger partial charge < -0.3 is 4.74 Å². The Morgan fingerprint density at radius 2 is 1.80 bits per heavy atom. The zero-order valence-electron chi connectivity index (χ0n) is 8.82. The van der Waals surface area contributed by atoms with Crippen LogP contribution < -0.4 is 0 Å². The number of esters is 1. The van der Waals surface area contributed by atoms with Crippen LogP contribution in [0.2, 0.25) is 0 Å². The maximum atomic E-state index is 12.6. The molecule has 0 saturated heterocycles. The molecule has 0 bridgehead atoms. The highest BCUT2D eigenvalue weighted by Crippen LogP contribution is 2.33. The second-order valence-electron chi connectivity index (χ2n) is 3.51. The summed E-state index contributed by atoms with van der Waals surface area (Å²) in [5.41, 5.74) is 0. The molecule has 0 spiro atoms. The van der Waals surface area contributed by atoms with Crippen LogP contribution in [-0.4, -0.2) is 24.4 Å². The van der Waals surface area contributed by atoms with Crippen LogP contribution in [0.15, 0.2) is 0 Å². The van der Waals surface area contributed by atoms with Crippen LogP contribution in [0.1, 0.15) is 27.2 Å². The number of ether oxygens (including phenoxy) is 1. The molecule has 15 heavy (non-hydrogen) atoms. The summed E-state index contributed by atoms with van der Waals surface area (Å²) >= 11 is 0. The predicted octanol–water partition coefficient (Wildman–Crippen LogP) is 2.87. The minimum absolute atomic E-state index is 0.0874. The quantitative estimate of drug-likeness (QED) is 0.536. The molecule has 0 aliphatic carbocycles. The third kappa shape index (κ3) is 4.05. The molecule has 0 amide bonds. The molecular weight excluding hydrogens is 216 g/mol. The first kappa shape index (κ1) is 14.2. The number of alkyl halides is 4. The zero-order valence-corrected chi connectivity index (χ0v) is 8.82. The van der Waals surface area contributed by atoms with Crippen molar-refractivity contribution >= 4 is 5.97 Å². The SMILES string of the molecule is CCC(C)C(=O)OCC(F)(F)C(C)(F)F. The highest BCUT2D eigenvalue weighted by molar-refractivity contribution is 5.71. The Balaban J connectivity index is 4.22. The number of hydrogen-bond donors (Lipinski definition) is 0. The lowest BCUT2D eigenvalue weighted by Crippen LogP contribution is -2.42. The highest BCUT2D eigenvalue weighted by Gasteiger charge is 2.53. The number of hydrogen-bond acceptors (Lipinski definition) is 2. The second-order valence-corrected chi connectivity index (χ2v) is 3.51. The van der Waals surface area contributed by atoms with Crippen LogP contribution in [0.25, 0.3) is 0 Å². The van der Waals surface area contributed by atoms with Crippen LogP contribution in [-0.2, 0) is 9.53 Å². The summed E-state index contributed by atoms with van der Waals surface area (Å²) in [6.07, 6.45) is 0.410. The van der Waals surface area contributed by atoms with E-state index < -0.39 is 30.3 Å². The van der Waals surface area contributed by atoms with Crippen molar-refractivity contribution in [1.82, 2.24) is 0 Å². The maximum absolute atomic E-state index is 12.6. The summed E-state index contributed by atoms with van der Waals surface area (Å²) in [4.78, 5) is 10.9. The van der Waals surface area contributed by atoms with Crippen molar-refractivity contribution in [3.8, 4) is 0 Å². The molecule has 0 aliphatic heterocycles. The van der Waals surface area contributed by atoms with Gasteiger partial charge in [-0.05, 0) is 6.42 Å². The lowest BCUT2D eigenvalue weighted by atomic mass is 10.1. The van der Waals surface area contributed by atoms with Crippen LogP contribution >= 0.6 is 0 Å². The van der Waals surface area contributed by atoms with Crippen molar-refractivity contribution in [3.63, 3.8) is 0 Å². The normalized spacial score (nSPS) is 14.9. The second kappa shape index (κ2) is 4.81. The van der Waals surface area contributed by atoms with E-state index in [4.69, 9.17) is 0 Å². The summed E-state index contributed by atoms with van der Waals surface area (Å²) in [7, 11) is 0. The van der Waals surface area contributed by atoms with E-state index in [1.54, 1.807) is 6.92 Å². The first-order chi connectivity index (χ1) is 6.62. The third-order valence-corrected chi connectivity index (χ3v) is 2.05. The van der Waals surface area contributed by atoms with E-state index in [-0.39, 0.29) is 6.92 Å². The van der Waals surface area contributed by atoms with E-state index in [0.29, 0.717) is 6.42 Å². The van der Waals surface area contributed by atoms with Gasteiger partial charge in [-0.2, -0.15) is 8.78 Å². The van der Waals surface area contributed by atoms with Crippen LogP contribution in [0.3, 0.4) is 0 Å². The van der Waals surface area contributed by atoms with Crippen LogP contribution in [0.4, 0.5) is 17.6 Å². The fourth-order valence-electron chi connectivity index (χ4n) is 0.597. The Bertz CT molecular complexity index is 223.